The number of nitrogens with zero attached hydrogens (tertiary/aromatic N) is 2. The fraction of sp³-hybridized carbons (Fsp3) is 0.308. The maximum absolute atomic E-state index is 6.53. The Morgan fingerprint density at radius 1 is 1.03 bits per heavy atom. The van der Waals surface area contributed by atoms with Crippen molar-refractivity contribution in [3.05, 3.63) is 86.8 Å². The first-order valence-electron chi connectivity index (χ1n) is 11.0. The number of aryl methyl sites for hydroxylation is 2. The van der Waals surface area contributed by atoms with Crippen LogP contribution in [-0.2, 0) is 19.3 Å². The molecule has 166 valence electrons. The lowest BCUT2D eigenvalue weighted by Gasteiger charge is -2.11. The molecule has 6 heteroatoms. The first-order chi connectivity index (χ1) is 15.4. The zero-order valence-electron chi connectivity index (χ0n) is 18.7. The van der Waals surface area contributed by atoms with Gasteiger partial charge in [-0.2, -0.15) is 0 Å². The Morgan fingerprint density at radius 2 is 1.75 bits per heavy atom. The van der Waals surface area contributed by atoms with Gasteiger partial charge in [-0.1, -0.05) is 67.9 Å². The lowest BCUT2D eigenvalue weighted by Crippen LogP contribution is -2.37. The molecule has 0 radical (unpaired) electrons. The van der Waals surface area contributed by atoms with E-state index >= 15 is 0 Å². The predicted octanol–water partition coefficient (Wildman–Crippen LogP) is 6.12. The van der Waals surface area contributed by atoms with Crippen LogP contribution in [0.25, 0.3) is 0 Å². The van der Waals surface area contributed by atoms with Crippen LogP contribution < -0.4 is 11.3 Å². The molecule has 0 spiro atoms. The van der Waals surface area contributed by atoms with E-state index in [0.29, 0.717) is 16.8 Å². The molecule has 2 aromatic carbocycles. The first kappa shape index (κ1) is 22.7. The number of aliphatic imine (C=N–C) groups is 2. The average molecular weight is 465 g/mol. The molecule has 3 N–H and O–H groups in total. The highest BCUT2D eigenvalue weighted by Gasteiger charge is 2.24. The molecule has 0 bridgehead atoms. The van der Waals surface area contributed by atoms with Gasteiger partial charge in [0.1, 0.15) is 16.9 Å². The minimum Gasteiger partial charge on any atom is -0.310 e. The molecule has 0 aliphatic carbocycles. The van der Waals surface area contributed by atoms with Crippen molar-refractivity contribution in [2.75, 3.05) is 0 Å². The molecule has 1 aromatic heterocycles. The molecule has 1 unspecified atom stereocenters. The van der Waals surface area contributed by atoms with E-state index in [4.69, 9.17) is 27.4 Å². The predicted molar refractivity (Wildman–Crippen MR) is 138 cm³/mol. The Hall–Kier alpha value is -2.47. The van der Waals surface area contributed by atoms with Gasteiger partial charge >= 0.3 is 0 Å². The number of hydrogen-bond donors (Lipinski definition) is 2. The van der Waals surface area contributed by atoms with E-state index in [-0.39, 0.29) is 6.04 Å². The zero-order valence-corrected chi connectivity index (χ0v) is 20.3. The normalized spacial score (nSPS) is 15.8. The van der Waals surface area contributed by atoms with Crippen LogP contribution in [-0.4, -0.2) is 17.6 Å². The second-order valence-corrected chi connectivity index (χ2v) is 10.1. The summed E-state index contributed by atoms with van der Waals surface area (Å²) in [4.78, 5) is 11.0. The highest BCUT2D eigenvalue weighted by atomic mass is 35.5. The molecular weight excluding hydrogens is 436 g/mol. The van der Waals surface area contributed by atoms with Gasteiger partial charge in [0.15, 0.2) is 0 Å². The van der Waals surface area contributed by atoms with E-state index in [1.54, 1.807) is 11.3 Å². The summed E-state index contributed by atoms with van der Waals surface area (Å²) in [5.41, 5.74) is 8.28. The topological polar surface area (TPSA) is 62.8 Å². The third-order valence-electron chi connectivity index (χ3n) is 5.56. The van der Waals surface area contributed by atoms with Crippen molar-refractivity contribution in [2.24, 2.45) is 21.7 Å². The molecule has 1 atom stereocenters. The highest BCUT2D eigenvalue weighted by Crippen LogP contribution is 2.37. The van der Waals surface area contributed by atoms with Crippen LogP contribution in [0.4, 0.5) is 5.00 Å². The molecule has 32 heavy (non-hydrogen) atoms. The SMILES string of the molecule is CC(C)Cc1ccc(CCc2cc3c(s2)N=C(NN)C(C)N=C3c2ccccc2Cl)cc1. The van der Waals surface area contributed by atoms with Crippen LogP contribution in [0.1, 0.15) is 47.9 Å². The van der Waals surface area contributed by atoms with E-state index < -0.39 is 0 Å². The molecule has 1 aliphatic rings. The number of amidine groups is 1. The highest BCUT2D eigenvalue weighted by molar-refractivity contribution is 7.16. The number of thiophene rings is 1. The second kappa shape index (κ2) is 9.99. The maximum Gasteiger partial charge on any atom is 0.142 e. The monoisotopic (exact) mass is 464 g/mol. The van der Waals surface area contributed by atoms with Gasteiger partial charge in [-0.05, 0) is 55.4 Å². The van der Waals surface area contributed by atoms with Crippen LogP contribution in [0.3, 0.4) is 0 Å². The molecule has 4 rings (SSSR count). The van der Waals surface area contributed by atoms with Gasteiger partial charge in [0.05, 0.1) is 5.71 Å². The molecule has 2 heterocycles. The van der Waals surface area contributed by atoms with Crippen LogP contribution in [0.5, 0.6) is 0 Å². The van der Waals surface area contributed by atoms with Crippen LogP contribution in [0, 0.1) is 5.92 Å². The van der Waals surface area contributed by atoms with Gasteiger partial charge in [0.2, 0.25) is 0 Å². The van der Waals surface area contributed by atoms with Crippen molar-refractivity contribution in [1.82, 2.24) is 5.43 Å². The van der Waals surface area contributed by atoms with E-state index in [2.05, 4.69) is 49.6 Å². The van der Waals surface area contributed by atoms with Gasteiger partial charge in [-0.3, -0.25) is 4.99 Å². The molecule has 4 nitrogen and oxygen atoms in total. The van der Waals surface area contributed by atoms with Crippen molar-refractivity contribution in [3.8, 4) is 0 Å². The Labute approximate surface area is 199 Å². The van der Waals surface area contributed by atoms with Crippen LogP contribution in [0.2, 0.25) is 5.02 Å². The van der Waals surface area contributed by atoms with Crippen molar-refractivity contribution in [1.29, 1.82) is 0 Å². The maximum atomic E-state index is 6.53. The number of nitrogens with two attached hydrogens (primary N) is 1. The van der Waals surface area contributed by atoms with Crippen LogP contribution >= 0.6 is 22.9 Å². The summed E-state index contributed by atoms with van der Waals surface area (Å²) in [6.45, 7) is 6.49. The lowest BCUT2D eigenvalue weighted by molar-refractivity contribution is 0.647. The largest absolute Gasteiger partial charge is 0.310 e. The molecule has 0 fully saturated rings. The van der Waals surface area contributed by atoms with Crippen molar-refractivity contribution in [3.63, 3.8) is 0 Å². The number of hydrazine groups is 1. The lowest BCUT2D eigenvalue weighted by atomic mass is 10.00. The van der Waals surface area contributed by atoms with E-state index in [9.17, 15) is 0 Å². The third-order valence-corrected chi connectivity index (χ3v) is 6.98. The zero-order chi connectivity index (χ0) is 22.7. The number of rotatable bonds is 6. The molecule has 0 amide bonds. The number of benzene rings is 2. The Bertz CT molecular complexity index is 1140. The van der Waals surface area contributed by atoms with E-state index in [1.165, 1.54) is 16.0 Å². The van der Waals surface area contributed by atoms with Crippen molar-refractivity contribution >= 4 is 39.5 Å². The van der Waals surface area contributed by atoms with Gasteiger partial charge in [-0.25, -0.2) is 10.8 Å². The molecule has 0 saturated carbocycles. The number of fused-ring (bicyclic) bond motifs is 1. The van der Waals surface area contributed by atoms with E-state index in [1.807, 2.05) is 31.2 Å². The smallest absolute Gasteiger partial charge is 0.142 e. The fourth-order valence-corrected chi connectivity index (χ4v) is 5.20. The Balaban J connectivity index is 1.61. The average Bonchev–Trinajstić information content (AvgIpc) is 3.12. The van der Waals surface area contributed by atoms with Crippen LogP contribution in [0.15, 0.2) is 64.6 Å². The number of nitrogens with one attached hydrogen (secondary N) is 1. The molecule has 0 saturated heterocycles. The summed E-state index contributed by atoms with van der Waals surface area (Å²) in [6, 6.07) is 18.9. The van der Waals surface area contributed by atoms with Gasteiger partial charge in [0.25, 0.3) is 0 Å². The Kier molecular flexibility index (Phi) is 7.09. The minimum absolute atomic E-state index is 0.182. The van der Waals surface area contributed by atoms with Gasteiger partial charge in [-0.15, -0.1) is 11.3 Å². The van der Waals surface area contributed by atoms with E-state index in [0.717, 1.165) is 41.1 Å². The summed E-state index contributed by atoms with van der Waals surface area (Å²) in [5, 5.41) is 1.60. The number of halogens is 1. The molecular formula is C26H29ClN4S. The second-order valence-electron chi connectivity index (χ2n) is 8.62. The summed E-state index contributed by atoms with van der Waals surface area (Å²) in [5.74, 6) is 7.08. The Morgan fingerprint density at radius 3 is 2.44 bits per heavy atom. The summed E-state index contributed by atoms with van der Waals surface area (Å²) >= 11 is 8.23. The first-order valence-corrected chi connectivity index (χ1v) is 12.2. The molecule has 1 aliphatic heterocycles. The van der Waals surface area contributed by atoms with Gasteiger partial charge in [0, 0.05) is 21.0 Å². The third kappa shape index (κ3) is 5.12. The summed E-state index contributed by atoms with van der Waals surface area (Å²) < 4.78 is 0. The summed E-state index contributed by atoms with van der Waals surface area (Å²) in [6.07, 6.45) is 3.06. The fourth-order valence-electron chi connectivity index (χ4n) is 3.94. The van der Waals surface area contributed by atoms with Crippen molar-refractivity contribution in [2.45, 2.75) is 46.1 Å². The number of hydrogen-bond acceptors (Lipinski definition) is 5. The molecule has 3 aromatic rings. The quantitative estimate of drug-likeness (QED) is 0.341. The summed E-state index contributed by atoms with van der Waals surface area (Å²) in [7, 11) is 0. The standard InChI is InChI=1S/C26H29ClN4S/c1-16(2)14-19-10-8-18(9-11-19)12-13-20-15-22-24(21-6-4-5-7-23(21)27)29-17(3)25(31-28)30-26(22)32-20/h4-11,15-17H,12-14,28H2,1-3H3,(H,30,31). The van der Waals surface area contributed by atoms with Crippen molar-refractivity contribution < 1.29 is 0 Å². The van der Waals surface area contributed by atoms with Gasteiger partial charge < -0.3 is 5.43 Å². The minimum atomic E-state index is -0.182.